The normalized spacial score (nSPS) is 14.4. The predicted molar refractivity (Wildman–Crippen MR) is 242 cm³/mol. The Balaban J connectivity index is 4.25. The van der Waals surface area contributed by atoms with Gasteiger partial charge < -0.3 is 28.8 Å². The lowest BCUT2D eigenvalue weighted by Crippen LogP contribution is -2.45. The molecule has 3 unspecified atom stereocenters. The minimum atomic E-state index is -4.59. The van der Waals surface area contributed by atoms with Crippen LogP contribution in [0.3, 0.4) is 0 Å². The molecule has 338 valence electrons. The van der Waals surface area contributed by atoms with E-state index >= 15 is 0 Å². The van der Waals surface area contributed by atoms with Gasteiger partial charge in [0.1, 0.15) is 13.2 Å². The Bertz CT molecular complexity index is 984. The summed E-state index contributed by atoms with van der Waals surface area (Å²) in [5.41, 5.74) is 0. The second kappa shape index (κ2) is 40.4. The summed E-state index contributed by atoms with van der Waals surface area (Å²) in [5, 5.41) is 13.8. The highest BCUT2D eigenvalue weighted by atomic mass is 31.2. The minimum Gasteiger partial charge on any atom is -0.756 e. The summed E-state index contributed by atoms with van der Waals surface area (Å²) in [6, 6.07) is -0.885. The summed E-state index contributed by atoms with van der Waals surface area (Å²) in [5.74, 6) is -0.201. The van der Waals surface area contributed by atoms with Gasteiger partial charge in [-0.2, -0.15) is 0 Å². The molecule has 2 N–H and O–H groups in total. The molecular weight excluding hydrogens is 732 g/mol. The van der Waals surface area contributed by atoms with Crippen LogP contribution in [0, 0.1) is 0 Å². The number of likely N-dealkylation sites (N-methyl/N-ethyl adjacent to an activating group) is 1. The summed E-state index contributed by atoms with van der Waals surface area (Å²) in [6.07, 6.45) is 48.0. The first kappa shape index (κ1) is 56.0. The standard InChI is InChI=1S/C48H95N2O6P/c1-6-8-10-12-14-16-18-20-21-22-23-24-25-26-27-28-29-30-32-34-36-38-40-42-48(52)49-46(45-56-57(53,54)55-44-43-50(3,4)5)47(51)41-39-37-35-33-31-19-17-15-13-11-9-7-2/h26-27,39,41,46-47,51H,6-25,28-38,40,42-45H2,1-5H3,(H-,49,52,53,54)/b27-26-,41-39+. The molecule has 0 radical (unpaired) electrons. The molecule has 0 bridgehead atoms. The van der Waals surface area contributed by atoms with Gasteiger partial charge in [0.05, 0.1) is 39.9 Å². The highest BCUT2D eigenvalue weighted by Gasteiger charge is 2.23. The van der Waals surface area contributed by atoms with E-state index in [2.05, 4.69) is 31.3 Å². The number of unbranched alkanes of at least 4 members (excludes halogenated alkanes) is 29. The molecule has 0 spiro atoms. The molecule has 1 amide bonds. The molecule has 0 rings (SSSR count). The lowest BCUT2D eigenvalue weighted by Gasteiger charge is -2.29. The van der Waals surface area contributed by atoms with Crippen LogP contribution in [0.25, 0.3) is 0 Å². The maximum absolute atomic E-state index is 12.9. The average Bonchev–Trinajstić information content (AvgIpc) is 3.16. The number of allylic oxidation sites excluding steroid dienone is 3. The molecule has 0 heterocycles. The summed E-state index contributed by atoms with van der Waals surface area (Å²) in [7, 11) is 1.26. The third-order valence-corrected chi connectivity index (χ3v) is 11.9. The third kappa shape index (κ3) is 42.9. The Morgan fingerprint density at radius 2 is 0.965 bits per heavy atom. The molecular formula is C48H95N2O6P. The third-order valence-electron chi connectivity index (χ3n) is 10.9. The van der Waals surface area contributed by atoms with Crippen LogP contribution in [0.5, 0.6) is 0 Å². The Labute approximate surface area is 354 Å². The van der Waals surface area contributed by atoms with E-state index in [0.717, 1.165) is 38.5 Å². The van der Waals surface area contributed by atoms with Crippen molar-refractivity contribution in [1.82, 2.24) is 5.32 Å². The molecule has 0 aromatic heterocycles. The van der Waals surface area contributed by atoms with Crippen molar-refractivity contribution in [2.24, 2.45) is 0 Å². The monoisotopic (exact) mass is 827 g/mol. The highest BCUT2D eigenvalue weighted by molar-refractivity contribution is 7.45. The second-order valence-electron chi connectivity index (χ2n) is 17.8. The number of carbonyl (C=O) groups excluding carboxylic acids is 1. The fourth-order valence-corrected chi connectivity index (χ4v) is 7.75. The summed E-state index contributed by atoms with van der Waals surface area (Å²) in [4.78, 5) is 25.3. The number of aliphatic hydroxyl groups excluding tert-OH is 1. The van der Waals surface area contributed by atoms with Gasteiger partial charge in [-0.1, -0.05) is 199 Å². The van der Waals surface area contributed by atoms with Crippen LogP contribution < -0.4 is 10.2 Å². The van der Waals surface area contributed by atoms with Gasteiger partial charge in [0.25, 0.3) is 7.82 Å². The molecule has 0 aliphatic rings. The topological polar surface area (TPSA) is 108 Å². The van der Waals surface area contributed by atoms with Crippen molar-refractivity contribution < 1.29 is 32.9 Å². The Hall–Kier alpha value is -1.02. The van der Waals surface area contributed by atoms with Gasteiger partial charge in [0.15, 0.2) is 0 Å². The van der Waals surface area contributed by atoms with Gasteiger partial charge in [-0.25, -0.2) is 0 Å². The molecule has 0 aromatic rings. The number of amides is 1. The van der Waals surface area contributed by atoms with Gasteiger partial charge in [0.2, 0.25) is 5.91 Å². The zero-order valence-electron chi connectivity index (χ0n) is 38.3. The van der Waals surface area contributed by atoms with Crippen molar-refractivity contribution in [3.8, 4) is 0 Å². The first-order chi connectivity index (χ1) is 27.5. The quantitative estimate of drug-likeness (QED) is 0.0274. The number of carbonyl (C=O) groups is 1. The first-order valence-electron chi connectivity index (χ1n) is 24.2. The van der Waals surface area contributed by atoms with Gasteiger partial charge >= 0.3 is 0 Å². The summed E-state index contributed by atoms with van der Waals surface area (Å²) >= 11 is 0. The van der Waals surface area contributed by atoms with Gasteiger partial charge in [-0.15, -0.1) is 0 Å². The van der Waals surface area contributed by atoms with Crippen molar-refractivity contribution in [3.63, 3.8) is 0 Å². The predicted octanol–water partition coefficient (Wildman–Crippen LogP) is 13.1. The van der Waals surface area contributed by atoms with E-state index in [4.69, 9.17) is 9.05 Å². The van der Waals surface area contributed by atoms with Gasteiger partial charge in [-0.3, -0.25) is 9.36 Å². The number of phosphoric acid groups is 1. The van der Waals surface area contributed by atoms with E-state index in [1.165, 1.54) is 167 Å². The van der Waals surface area contributed by atoms with E-state index in [0.29, 0.717) is 17.4 Å². The fourth-order valence-electron chi connectivity index (χ4n) is 7.03. The Morgan fingerprint density at radius 3 is 1.37 bits per heavy atom. The van der Waals surface area contributed by atoms with Crippen molar-refractivity contribution in [2.45, 2.75) is 238 Å². The second-order valence-corrected chi connectivity index (χ2v) is 19.2. The van der Waals surface area contributed by atoms with Crippen LogP contribution >= 0.6 is 7.82 Å². The van der Waals surface area contributed by atoms with Crippen LogP contribution in [0.1, 0.15) is 226 Å². The van der Waals surface area contributed by atoms with Crippen LogP contribution in [0.4, 0.5) is 0 Å². The lowest BCUT2D eigenvalue weighted by atomic mass is 10.0. The molecule has 8 nitrogen and oxygen atoms in total. The summed E-state index contributed by atoms with van der Waals surface area (Å²) in [6.45, 7) is 4.65. The highest BCUT2D eigenvalue weighted by Crippen LogP contribution is 2.38. The number of phosphoric ester groups is 1. The molecule has 0 aromatic carbocycles. The molecule has 3 atom stereocenters. The fraction of sp³-hybridized carbons (Fsp3) is 0.896. The number of nitrogens with one attached hydrogen (secondary N) is 1. The van der Waals surface area contributed by atoms with E-state index in [9.17, 15) is 19.4 Å². The molecule has 0 aliphatic heterocycles. The molecule has 57 heavy (non-hydrogen) atoms. The lowest BCUT2D eigenvalue weighted by molar-refractivity contribution is -0.870. The molecule has 0 aliphatic carbocycles. The first-order valence-corrected chi connectivity index (χ1v) is 25.7. The van der Waals surface area contributed by atoms with E-state index in [1.807, 2.05) is 27.2 Å². The summed E-state index contributed by atoms with van der Waals surface area (Å²) < 4.78 is 23.2. The zero-order valence-corrected chi connectivity index (χ0v) is 39.2. The number of hydrogen-bond acceptors (Lipinski definition) is 6. The Morgan fingerprint density at radius 1 is 0.596 bits per heavy atom. The van der Waals surface area contributed by atoms with Gasteiger partial charge in [0, 0.05) is 6.42 Å². The number of quaternary nitrogens is 1. The maximum atomic E-state index is 12.9. The van der Waals surface area contributed by atoms with Crippen LogP contribution in [-0.2, 0) is 18.4 Å². The number of hydrogen-bond donors (Lipinski definition) is 2. The molecule has 0 saturated carbocycles. The smallest absolute Gasteiger partial charge is 0.268 e. The average molecular weight is 827 g/mol. The van der Waals surface area contributed by atoms with Crippen molar-refractivity contribution in [1.29, 1.82) is 0 Å². The largest absolute Gasteiger partial charge is 0.756 e. The molecule has 0 fully saturated rings. The van der Waals surface area contributed by atoms with E-state index in [1.54, 1.807) is 6.08 Å². The van der Waals surface area contributed by atoms with E-state index in [-0.39, 0.29) is 19.1 Å². The Kier molecular flexibility index (Phi) is 39.7. The molecule has 9 heteroatoms. The van der Waals surface area contributed by atoms with Crippen molar-refractivity contribution in [3.05, 3.63) is 24.3 Å². The maximum Gasteiger partial charge on any atom is 0.268 e. The van der Waals surface area contributed by atoms with Crippen molar-refractivity contribution in [2.75, 3.05) is 40.9 Å². The minimum absolute atomic E-state index is 0.000791. The zero-order chi connectivity index (χ0) is 42.1. The molecule has 0 saturated heterocycles. The number of rotatable bonds is 44. The SMILES string of the molecule is CCCCCCCCCCCC/C=C/C(O)C(COP(=O)([O-])OCC[N+](C)(C)C)NC(=O)CCCCCCCCC/C=C\CCCCCCCCCCCCCC. The number of aliphatic hydroxyl groups is 1. The van der Waals surface area contributed by atoms with Crippen LogP contribution in [-0.4, -0.2) is 68.5 Å². The van der Waals surface area contributed by atoms with E-state index < -0.39 is 20.0 Å². The van der Waals surface area contributed by atoms with Gasteiger partial charge in [-0.05, 0) is 44.9 Å². The number of nitrogens with zero attached hydrogens (tertiary/aromatic N) is 1. The van der Waals surface area contributed by atoms with Crippen LogP contribution in [0.15, 0.2) is 24.3 Å². The van der Waals surface area contributed by atoms with Crippen LogP contribution in [0.2, 0.25) is 0 Å². The van der Waals surface area contributed by atoms with Crippen molar-refractivity contribution >= 4 is 13.7 Å².